The van der Waals surface area contributed by atoms with E-state index in [9.17, 15) is 14.8 Å². The molecule has 0 radical (unpaired) electrons. The van der Waals surface area contributed by atoms with E-state index in [1.807, 2.05) is 30.6 Å². The van der Waals surface area contributed by atoms with Crippen LogP contribution in [0.4, 0.5) is 5.95 Å². The standard InChI is InChI=1S/C24H31N7O3/c1-16(2)11-13-30-20-21(26-23(30)29-12-7-10-18(25)14-29)28(3)24(33)31(22(20)32)15-19(27-34)17-8-5-4-6-9-17/h4-6,8-9,11,18,34H,7,10,12-15,25H2,1-3H3/b27-19-/t18-/m1/s1. The van der Waals surface area contributed by atoms with Gasteiger partial charge < -0.3 is 20.4 Å². The van der Waals surface area contributed by atoms with E-state index in [0.29, 0.717) is 35.8 Å². The van der Waals surface area contributed by atoms with Gasteiger partial charge in [0.05, 0.1) is 6.54 Å². The van der Waals surface area contributed by atoms with Crippen molar-refractivity contribution in [3.63, 3.8) is 0 Å². The number of nitrogens with zero attached hydrogens (tertiary/aromatic N) is 6. The summed E-state index contributed by atoms with van der Waals surface area (Å²) in [6.07, 6.45) is 3.90. The number of benzene rings is 1. The summed E-state index contributed by atoms with van der Waals surface area (Å²) >= 11 is 0. The second-order valence-electron chi connectivity index (χ2n) is 8.97. The SMILES string of the molecule is CC(C)=CCn1c(N2CCC[C@@H](N)C2)nc2c1c(=O)n(C/C(=N/O)c1ccccc1)c(=O)n2C. The van der Waals surface area contributed by atoms with Crippen LogP contribution in [0.2, 0.25) is 0 Å². The molecule has 4 rings (SSSR count). The highest BCUT2D eigenvalue weighted by atomic mass is 16.4. The molecule has 0 saturated carbocycles. The third-order valence-corrected chi connectivity index (χ3v) is 6.17. The molecule has 0 amide bonds. The van der Waals surface area contributed by atoms with Gasteiger partial charge in [-0.15, -0.1) is 0 Å². The lowest BCUT2D eigenvalue weighted by Crippen LogP contribution is -2.44. The maximum atomic E-state index is 13.7. The monoisotopic (exact) mass is 465 g/mol. The third kappa shape index (κ3) is 4.41. The molecule has 10 nitrogen and oxygen atoms in total. The molecule has 1 aliphatic heterocycles. The van der Waals surface area contributed by atoms with Crippen molar-refractivity contribution in [3.8, 4) is 0 Å². The summed E-state index contributed by atoms with van der Waals surface area (Å²) in [5, 5.41) is 13.0. The normalized spacial score (nSPS) is 16.8. The number of aryl methyl sites for hydroxylation is 1. The number of anilines is 1. The Morgan fingerprint density at radius 2 is 1.97 bits per heavy atom. The molecule has 1 fully saturated rings. The Hall–Kier alpha value is -3.66. The van der Waals surface area contributed by atoms with E-state index in [1.165, 1.54) is 4.57 Å². The van der Waals surface area contributed by atoms with Crippen LogP contribution in [0.5, 0.6) is 0 Å². The minimum Gasteiger partial charge on any atom is -0.411 e. The second-order valence-corrected chi connectivity index (χ2v) is 8.97. The predicted octanol–water partition coefficient (Wildman–Crippen LogP) is 1.67. The van der Waals surface area contributed by atoms with Crippen molar-refractivity contribution in [3.05, 3.63) is 68.4 Å². The number of oxime groups is 1. The average Bonchev–Trinajstić information content (AvgIpc) is 3.22. The van der Waals surface area contributed by atoms with Gasteiger partial charge in [-0.25, -0.2) is 4.79 Å². The first kappa shape index (κ1) is 23.5. The summed E-state index contributed by atoms with van der Waals surface area (Å²) in [6.45, 7) is 5.67. The van der Waals surface area contributed by atoms with Gasteiger partial charge in [0.25, 0.3) is 5.56 Å². The van der Waals surface area contributed by atoms with Gasteiger partial charge in [-0.2, -0.15) is 4.98 Å². The first-order valence-corrected chi connectivity index (χ1v) is 11.4. The lowest BCUT2D eigenvalue weighted by Gasteiger charge is -2.31. The number of aromatic nitrogens is 4. The fraction of sp³-hybridized carbons (Fsp3) is 0.417. The predicted molar refractivity (Wildman–Crippen MR) is 133 cm³/mol. The van der Waals surface area contributed by atoms with Crippen LogP contribution in [0, 0.1) is 0 Å². The molecule has 1 aromatic carbocycles. The van der Waals surface area contributed by atoms with Crippen molar-refractivity contribution < 1.29 is 5.21 Å². The maximum absolute atomic E-state index is 13.7. The Balaban J connectivity index is 1.91. The molecule has 3 heterocycles. The smallest absolute Gasteiger partial charge is 0.332 e. The highest BCUT2D eigenvalue weighted by Gasteiger charge is 2.26. The summed E-state index contributed by atoms with van der Waals surface area (Å²) in [6, 6.07) is 8.99. The fourth-order valence-corrected chi connectivity index (χ4v) is 4.34. The number of hydrogen-bond donors (Lipinski definition) is 2. The minimum atomic E-state index is -0.525. The lowest BCUT2D eigenvalue weighted by atomic mass is 10.1. The van der Waals surface area contributed by atoms with Gasteiger partial charge in [0, 0.05) is 38.3 Å². The summed E-state index contributed by atoms with van der Waals surface area (Å²) in [5.41, 5.74) is 7.82. The van der Waals surface area contributed by atoms with E-state index in [-0.39, 0.29) is 18.3 Å². The summed E-state index contributed by atoms with van der Waals surface area (Å²) < 4.78 is 4.33. The summed E-state index contributed by atoms with van der Waals surface area (Å²) in [4.78, 5) is 33.7. The van der Waals surface area contributed by atoms with Crippen LogP contribution >= 0.6 is 0 Å². The van der Waals surface area contributed by atoms with Crippen LogP contribution in [0.25, 0.3) is 11.2 Å². The topological polar surface area (TPSA) is 124 Å². The summed E-state index contributed by atoms with van der Waals surface area (Å²) in [5.74, 6) is 0.631. The van der Waals surface area contributed by atoms with Crippen LogP contribution in [0.3, 0.4) is 0 Å². The van der Waals surface area contributed by atoms with Crippen LogP contribution in [-0.2, 0) is 20.1 Å². The molecular formula is C24H31N7O3. The molecule has 3 N–H and O–H groups in total. The zero-order valence-electron chi connectivity index (χ0n) is 19.8. The molecule has 1 saturated heterocycles. The van der Waals surface area contributed by atoms with Crippen LogP contribution in [0.15, 0.2) is 56.7 Å². The Morgan fingerprint density at radius 3 is 2.62 bits per heavy atom. The Morgan fingerprint density at radius 1 is 1.24 bits per heavy atom. The van der Waals surface area contributed by atoms with Crippen molar-refractivity contribution in [1.29, 1.82) is 0 Å². The van der Waals surface area contributed by atoms with Crippen molar-refractivity contribution in [2.75, 3.05) is 18.0 Å². The molecule has 1 aliphatic rings. The van der Waals surface area contributed by atoms with E-state index >= 15 is 0 Å². The molecule has 10 heteroatoms. The van der Waals surface area contributed by atoms with Crippen LogP contribution in [0.1, 0.15) is 32.3 Å². The number of nitrogens with two attached hydrogens (primary N) is 1. The molecular weight excluding hydrogens is 434 g/mol. The number of hydrogen-bond acceptors (Lipinski definition) is 7. The molecule has 180 valence electrons. The number of imidazole rings is 1. The Kier molecular flexibility index (Phi) is 6.69. The van der Waals surface area contributed by atoms with Crippen molar-refractivity contribution in [2.45, 2.75) is 45.8 Å². The van der Waals surface area contributed by atoms with E-state index in [0.717, 1.165) is 29.5 Å². The summed E-state index contributed by atoms with van der Waals surface area (Å²) in [7, 11) is 1.60. The Labute approximate surface area is 197 Å². The highest BCUT2D eigenvalue weighted by Crippen LogP contribution is 2.23. The van der Waals surface area contributed by atoms with E-state index in [1.54, 1.807) is 31.3 Å². The molecule has 3 aromatic rings. The van der Waals surface area contributed by atoms with Crippen molar-refractivity contribution >= 4 is 22.8 Å². The maximum Gasteiger partial charge on any atom is 0.332 e. The average molecular weight is 466 g/mol. The van der Waals surface area contributed by atoms with E-state index in [4.69, 9.17) is 10.7 Å². The van der Waals surface area contributed by atoms with Gasteiger partial charge in [-0.3, -0.25) is 13.9 Å². The molecule has 0 unspecified atom stereocenters. The molecule has 0 spiro atoms. The largest absolute Gasteiger partial charge is 0.411 e. The molecule has 1 atom stereocenters. The number of allylic oxidation sites excluding steroid dienone is 2. The van der Waals surface area contributed by atoms with E-state index < -0.39 is 11.2 Å². The van der Waals surface area contributed by atoms with Gasteiger partial charge in [-0.1, -0.05) is 47.1 Å². The Bertz CT molecular complexity index is 1360. The van der Waals surface area contributed by atoms with E-state index in [2.05, 4.69) is 10.1 Å². The lowest BCUT2D eigenvalue weighted by molar-refractivity contribution is 0.317. The van der Waals surface area contributed by atoms with Gasteiger partial charge >= 0.3 is 5.69 Å². The third-order valence-electron chi connectivity index (χ3n) is 6.17. The van der Waals surface area contributed by atoms with Crippen molar-refractivity contribution in [1.82, 2.24) is 18.7 Å². The van der Waals surface area contributed by atoms with Gasteiger partial charge in [0.15, 0.2) is 11.2 Å². The van der Waals surface area contributed by atoms with Crippen LogP contribution < -0.4 is 21.9 Å². The van der Waals surface area contributed by atoms with Gasteiger partial charge in [0.2, 0.25) is 5.95 Å². The molecule has 0 aliphatic carbocycles. The first-order valence-electron chi connectivity index (χ1n) is 11.4. The number of fused-ring (bicyclic) bond motifs is 1. The van der Waals surface area contributed by atoms with Crippen LogP contribution in [-0.4, -0.2) is 48.7 Å². The zero-order valence-corrected chi connectivity index (χ0v) is 19.8. The second kappa shape index (κ2) is 9.68. The molecule has 34 heavy (non-hydrogen) atoms. The minimum absolute atomic E-state index is 0.0279. The number of rotatable bonds is 6. The van der Waals surface area contributed by atoms with Gasteiger partial charge in [-0.05, 0) is 26.7 Å². The molecule has 2 aromatic heterocycles. The quantitative estimate of drug-likeness (QED) is 0.247. The number of piperidine rings is 1. The highest BCUT2D eigenvalue weighted by molar-refractivity contribution is 6.00. The zero-order chi connectivity index (χ0) is 24.4. The first-order chi connectivity index (χ1) is 16.3. The fourth-order valence-electron chi connectivity index (χ4n) is 4.34. The molecule has 0 bridgehead atoms. The van der Waals surface area contributed by atoms with Crippen molar-refractivity contribution in [2.24, 2.45) is 17.9 Å². The van der Waals surface area contributed by atoms with Gasteiger partial charge in [0.1, 0.15) is 5.71 Å².